The fraction of sp³-hybridized carbons (Fsp3) is 0.207. The number of para-hydroxylation sites is 1. The van der Waals surface area contributed by atoms with Crippen LogP contribution in [0, 0.1) is 13.8 Å². The third kappa shape index (κ3) is 4.42. The number of amides is 1. The summed E-state index contributed by atoms with van der Waals surface area (Å²) in [4.78, 5) is 38.5. The molecule has 0 bridgehead atoms. The SMILES string of the molecule is COc1cccc2c1Oc1c(c(=O)n(-c3ccc(C)cc3C)n1CC(=O)Nc1ccc(C(C)=O)cc1)C2. The highest BCUT2D eigenvalue weighted by molar-refractivity contribution is 5.95. The Bertz CT molecular complexity index is 1600. The van der Waals surface area contributed by atoms with Crippen molar-refractivity contribution in [1.29, 1.82) is 0 Å². The van der Waals surface area contributed by atoms with Crippen molar-refractivity contribution in [1.82, 2.24) is 9.36 Å². The number of benzene rings is 3. The van der Waals surface area contributed by atoms with Crippen LogP contribution in [-0.4, -0.2) is 28.2 Å². The minimum atomic E-state index is -0.346. The molecule has 1 N–H and O–H groups in total. The van der Waals surface area contributed by atoms with E-state index in [0.717, 1.165) is 16.7 Å². The molecule has 8 nitrogen and oxygen atoms in total. The van der Waals surface area contributed by atoms with Crippen LogP contribution >= 0.6 is 0 Å². The van der Waals surface area contributed by atoms with Gasteiger partial charge in [0.25, 0.3) is 5.56 Å². The molecule has 37 heavy (non-hydrogen) atoms. The van der Waals surface area contributed by atoms with Crippen molar-refractivity contribution in [3.63, 3.8) is 0 Å². The van der Waals surface area contributed by atoms with Crippen LogP contribution in [0.15, 0.2) is 65.5 Å². The molecule has 1 amide bonds. The van der Waals surface area contributed by atoms with Gasteiger partial charge >= 0.3 is 0 Å². The first-order chi connectivity index (χ1) is 17.8. The summed E-state index contributed by atoms with van der Waals surface area (Å²) >= 11 is 0. The number of ketones is 1. The number of ether oxygens (including phenoxy) is 2. The van der Waals surface area contributed by atoms with Gasteiger partial charge in [0.05, 0.1) is 18.4 Å². The summed E-state index contributed by atoms with van der Waals surface area (Å²) in [7, 11) is 1.56. The number of anilines is 1. The second-order valence-electron chi connectivity index (χ2n) is 9.16. The standard InChI is InChI=1S/C29H27N3O5/c1-17-8-13-24(18(2)14-17)32-28(35)23-15-21-6-5-7-25(36-4)27(21)37-29(23)31(32)16-26(34)30-22-11-9-20(10-12-22)19(3)33/h5-14H,15-16H2,1-4H3,(H,30,34). The maximum atomic E-state index is 13.7. The topological polar surface area (TPSA) is 91.6 Å². The monoisotopic (exact) mass is 497 g/mol. The van der Waals surface area contributed by atoms with Crippen LogP contribution in [-0.2, 0) is 17.8 Å². The van der Waals surface area contributed by atoms with Gasteiger partial charge in [0.2, 0.25) is 11.8 Å². The van der Waals surface area contributed by atoms with Crippen LogP contribution < -0.4 is 20.3 Å². The van der Waals surface area contributed by atoms with Crippen LogP contribution in [0.2, 0.25) is 0 Å². The molecule has 0 atom stereocenters. The normalized spacial score (nSPS) is 11.8. The number of fused-ring (bicyclic) bond motifs is 2. The first kappa shape index (κ1) is 24.1. The Hall–Kier alpha value is -4.59. The van der Waals surface area contributed by atoms with Crippen LogP contribution in [0.1, 0.15) is 39.5 Å². The lowest BCUT2D eigenvalue weighted by Gasteiger charge is -2.21. The molecule has 1 aromatic heterocycles. The molecule has 1 aliphatic rings. The fourth-order valence-electron chi connectivity index (χ4n) is 4.66. The lowest BCUT2D eigenvalue weighted by Crippen LogP contribution is -2.28. The van der Waals surface area contributed by atoms with Crippen molar-refractivity contribution in [2.45, 2.75) is 33.7 Å². The summed E-state index contributed by atoms with van der Waals surface area (Å²) in [5.41, 5.74) is 4.80. The molecule has 0 aliphatic carbocycles. The van der Waals surface area contributed by atoms with Crippen LogP contribution in [0.25, 0.3) is 5.69 Å². The first-order valence-corrected chi connectivity index (χ1v) is 11.9. The van der Waals surface area contributed by atoms with Gasteiger partial charge in [0, 0.05) is 23.2 Å². The van der Waals surface area contributed by atoms with Gasteiger partial charge in [-0.25, -0.2) is 9.36 Å². The van der Waals surface area contributed by atoms with Crippen molar-refractivity contribution in [3.8, 4) is 23.1 Å². The van der Waals surface area contributed by atoms with Crippen LogP contribution in [0.5, 0.6) is 17.4 Å². The molecular formula is C29H27N3O5. The molecule has 188 valence electrons. The number of hydrogen-bond donors (Lipinski definition) is 1. The summed E-state index contributed by atoms with van der Waals surface area (Å²) in [6.07, 6.45) is 0.354. The van der Waals surface area contributed by atoms with E-state index in [-0.39, 0.29) is 23.8 Å². The molecule has 3 aromatic carbocycles. The van der Waals surface area contributed by atoms with E-state index in [9.17, 15) is 14.4 Å². The van der Waals surface area contributed by atoms with Gasteiger partial charge in [-0.1, -0.05) is 29.8 Å². The predicted octanol–water partition coefficient (Wildman–Crippen LogP) is 4.80. The number of rotatable bonds is 6. The Balaban J connectivity index is 1.58. The number of nitrogens with zero attached hydrogens (tertiary/aromatic N) is 2. The average Bonchev–Trinajstić information content (AvgIpc) is 3.13. The molecule has 5 rings (SSSR count). The zero-order valence-corrected chi connectivity index (χ0v) is 21.1. The van der Waals surface area contributed by atoms with Crippen molar-refractivity contribution in [3.05, 3.63) is 98.8 Å². The van der Waals surface area contributed by atoms with Gasteiger partial charge in [0.1, 0.15) is 6.54 Å². The number of carbonyl (C=O) groups is 2. The molecule has 0 spiro atoms. The quantitative estimate of drug-likeness (QED) is 0.340. The third-order valence-electron chi connectivity index (χ3n) is 6.48. The minimum Gasteiger partial charge on any atom is -0.493 e. The van der Waals surface area contributed by atoms with E-state index in [1.54, 1.807) is 42.1 Å². The minimum absolute atomic E-state index is 0.0535. The van der Waals surface area contributed by atoms with E-state index in [1.165, 1.54) is 11.6 Å². The van der Waals surface area contributed by atoms with Gasteiger partial charge < -0.3 is 14.8 Å². The number of carbonyl (C=O) groups excluding carboxylic acids is 2. The van der Waals surface area contributed by atoms with E-state index < -0.39 is 0 Å². The Morgan fingerprint density at radius 2 is 1.81 bits per heavy atom. The number of nitrogens with one attached hydrogen (secondary N) is 1. The fourth-order valence-corrected chi connectivity index (χ4v) is 4.66. The molecule has 1 aliphatic heterocycles. The zero-order valence-electron chi connectivity index (χ0n) is 21.1. The molecule has 4 aromatic rings. The molecular weight excluding hydrogens is 470 g/mol. The van der Waals surface area contributed by atoms with Crippen LogP contribution in [0.4, 0.5) is 5.69 Å². The predicted molar refractivity (Wildman–Crippen MR) is 140 cm³/mol. The van der Waals surface area contributed by atoms with Crippen molar-refractivity contribution in [2.75, 3.05) is 12.4 Å². The second kappa shape index (κ2) is 9.46. The van der Waals surface area contributed by atoms with E-state index >= 15 is 0 Å². The van der Waals surface area contributed by atoms with Crippen molar-refractivity contribution >= 4 is 17.4 Å². The summed E-state index contributed by atoms with van der Waals surface area (Å²) < 4.78 is 14.8. The largest absolute Gasteiger partial charge is 0.493 e. The summed E-state index contributed by atoms with van der Waals surface area (Å²) in [6.45, 7) is 5.24. The number of Topliss-reactive ketones (excluding diaryl/α,β-unsaturated/α-hetero) is 1. The number of hydrogen-bond acceptors (Lipinski definition) is 5. The summed E-state index contributed by atoms with van der Waals surface area (Å²) in [5, 5.41) is 2.85. The molecule has 0 unspecified atom stereocenters. The molecule has 8 heteroatoms. The maximum absolute atomic E-state index is 13.7. The highest BCUT2D eigenvalue weighted by Gasteiger charge is 2.31. The highest BCUT2D eigenvalue weighted by Crippen LogP contribution is 2.42. The van der Waals surface area contributed by atoms with E-state index in [4.69, 9.17) is 9.47 Å². The second-order valence-corrected chi connectivity index (χ2v) is 9.16. The molecule has 2 heterocycles. The van der Waals surface area contributed by atoms with Crippen LogP contribution in [0.3, 0.4) is 0 Å². The number of aryl methyl sites for hydroxylation is 2. The Kier molecular flexibility index (Phi) is 6.17. The number of aromatic nitrogens is 2. The van der Waals surface area contributed by atoms with Gasteiger partial charge in [-0.15, -0.1) is 0 Å². The first-order valence-electron chi connectivity index (χ1n) is 11.9. The molecule has 0 saturated heterocycles. The van der Waals surface area contributed by atoms with Crippen molar-refractivity contribution in [2.24, 2.45) is 0 Å². The Morgan fingerprint density at radius 3 is 2.49 bits per heavy atom. The zero-order chi connectivity index (χ0) is 26.3. The van der Waals surface area contributed by atoms with Crippen molar-refractivity contribution < 1.29 is 19.1 Å². The summed E-state index contributed by atoms with van der Waals surface area (Å²) in [6, 6.07) is 18.0. The van der Waals surface area contributed by atoms with Gasteiger partial charge in [-0.3, -0.25) is 14.4 Å². The van der Waals surface area contributed by atoms with E-state index in [0.29, 0.717) is 46.3 Å². The maximum Gasteiger partial charge on any atom is 0.278 e. The van der Waals surface area contributed by atoms with E-state index in [2.05, 4.69) is 5.32 Å². The number of methoxy groups -OCH3 is 1. The lowest BCUT2D eigenvalue weighted by atomic mass is 10.0. The van der Waals surface area contributed by atoms with Gasteiger partial charge in [-0.05, 0) is 62.7 Å². The highest BCUT2D eigenvalue weighted by atomic mass is 16.5. The van der Waals surface area contributed by atoms with Gasteiger partial charge in [-0.2, -0.15) is 0 Å². The molecule has 0 saturated carbocycles. The molecule has 0 radical (unpaired) electrons. The summed E-state index contributed by atoms with van der Waals surface area (Å²) in [5.74, 6) is 0.994. The Labute approximate surface area is 214 Å². The third-order valence-corrected chi connectivity index (χ3v) is 6.48. The van der Waals surface area contributed by atoms with Gasteiger partial charge in [0.15, 0.2) is 17.3 Å². The Morgan fingerprint density at radius 1 is 1.05 bits per heavy atom. The average molecular weight is 498 g/mol. The molecule has 0 fully saturated rings. The van der Waals surface area contributed by atoms with E-state index in [1.807, 2.05) is 44.2 Å². The lowest BCUT2D eigenvalue weighted by molar-refractivity contribution is -0.117. The smallest absolute Gasteiger partial charge is 0.278 e.